The summed E-state index contributed by atoms with van der Waals surface area (Å²) in [4.78, 5) is 33.3. The third kappa shape index (κ3) is 8.15. The van der Waals surface area contributed by atoms with E-state index < -0.39 is 0 Å². The van der Waals surface area contributed by atoms with E-state index in [2.05, 4.69) is 16.4 Å². The highest BCUT2D eigenvalue weighted by Crippen LogP contribution is 2.19. The monoisotopic (exact) mass is 530 g/mol. The predicted octanol–water partition coefficient (Wildman–Crippen LogP) is 5.13. The first-order valence-electron chi connectivity index (χ1n) is 13.2. The topological polar surface area (TPSA) is 77.7 Å². The zero-order valence-corrected chi connectivity index (χ0v) is 22.2. The van der Waals surface area contributed by atoms with Crippen molar-refractivity contribution in [2.45, 2.75) is 25.9 Å². The molecule has 0 atom stereocenters. The van der Waals surface area contributed by atoms with Crippen LogP contribution in [-0.4, -0.2) is 60.1 Å². The van der Waals surface area contributed by atoms with Crippen molar-refractivity contribution < 1.29 is 18.7 Å². The predicted molar refractivity (Wildman–Crippen MR) is 151 cm³/mol. The standard InChI is InChI=1S/C31H35FN4O3/c1-39-19-7-17-36(31(38)34-20-24-8-3-2-4-9-24)23-30(37)35(22-25-12-14-27(32)15-13-25)18-16-26-21-33-29-11-6-5-10-28(26)29/h2-6,8-15,21,33H,7,16-20,22-23H2,1H3,(H,34,38). The molecular weight excluding hydrogens is 495 g/mol. The van der Waals surface area contributed by atoms with Crippen molar-refractivity contribution in [2.75, 3.05) is 33.4 Å². The highest BCUT2D eigenvalue weighted by atomic mass is 19.1. The lowest BCUT2D eigenvalue weighted by molar-refractivity contribution is -0.132. The van der Waals surface area contributed by atoms with Gasteiger partial charge in [-0.05, 0) is 47.7 Å². The van der Waals surface area contributed by atoms with Crippen molar-refractivity contribution in [3.8, 4) is 0 Å². The summed E-state index contributed by atoms with van der Waals surface area (Å²) in [5.41, 5.74) is 3.96. The zero-order chi connectivity index (χ0) is 27.5. The van der Waals surface area contributed by atoms with Gasteiger partial charge in [-0.3, -0.25) is 4.79 Å². The van der Waals surface area contributed by atoms with Crippen molar-refractivity contribution in [1.29, 1.82) is 0 Å². The number of carbonyl (C=O) groups is 2. The van der Waals surface area contributed by atoms with Gasteiger partial charge in [-0.15, -0.1) is 0 Å². The number of nitrogens with one attached hydrogen (secondary N) is 2. The number of aromatic nitrogens is 1. The number of rotatable bonds is 13. The number of hydrogen-bond donors (Lipinski definition) is 2. The summed E-state index contributed by atoms with van der Waals surface area (Å²) in [5, 5.41) is 4.05. The van der Waals surface area contributed by atoms with Crippen LogP contribution in [0.5, 0.6) is 0 Å². The number of halogens is 1. The van der Waals surface area contributed by atoms with Crippen LogP contribution in [0.4, 0.5) is 9.18 Å². The molecule has 4 rings (SSSR count). The van der Waals surface area contributed by atoms with Crippen LogP contribution in [0.3, 0.4) is 0 Å². The summed E-state index contributed by atoms with van der Waals surface area (Å²) in [6, 6.07) is 23.5. The molecule has 204 valence electrons. The van der Waals surface area contributed by atoms with Gasteiger partial charge in [0.2, 0.25) is 5.91 Å². The number of benzene rings is 3. The third-order valence-corrected chi connectivity index (χ3v) is 6.64. The van der Waals surface area contributed by atoms with Crippen molar-refractivity contribution in [2.24, 2.45) is 0 Å². The second kappa shape index (κ2) is 14.1. The molecule has 39 heavy (non-hydrogen) atoms. The summed E-state index contributed by atoms with van der Waals surface area (Å²) in [7, 11) is 1.61. The quantitative estimate of drug-likeness (QED) is 0.235. The van der Waals surface area contributed by atoms with Gasteiger partial charge >= 0.3 is 6.03 Å². The number of urea groups is 1. The van der Waals surface area contributed by atoms with Gasteiger partial charge in [-0.25, -0.2) is 9.18 Å². The average molecular weight is 531 g/mol. The van der Waals surface area contributed by atoms with E-state index in [1.54, 1.807) is 24.1 Å². The first kappa shape index (κ1) is 27.9. The Bertz CT molecular complexity index is 1340. The van der Waals surface area contributed by atoms with Crippen LogP contribution >= 0.6 is 0 Å². The molecular formula is C31H35FN4O3. The van der Waals surface area contributed by atoms with Crippen molar-refractivity contribution in [3.63, 3.8) is 0 Å². The molecule has 0 saturated carbocycles. The molecule has 7 nitrogen and oxygen atoms in total. The number of amides is 3. The number of methoxy groups -OCH3 is 1. The lowest BCUT2D eigenvalue weighted by Crippen LogP contribution is -2.47. The van der Waals surface area contributed by atoms with Crippen LogP contribution < -0.4 is 5.32 Å². The van der Waals surface area contributed by atoms with Gasteiger partial charge in [0.05, 0.1) is 0 Å². The van der Waals surface area contributed by atoms with Gasteiger partial charge < -0.3 is 24.8 Å². The fourth-order valence-electron chi connectivity index (χ4n) is 4.50. The number of para-hydroxylation sites is 1. The molecule has 4 aromatic rings. The molecule has 3 amide bonds. The van der Waals surface area contributed by atoms with E-state index in [1.807, 2.05) is 54.7 Å². The zero-order valence-electron chi connectivity index (χ0n) is 22.2. The minimum Gasteiger partial charge on any atom is -0.385 e. The number of H-pyrrole nitrogens is 1. The maximum atomic E-state index is 13.7. The van der Waals surface area contributed by atoms with Crippen molar-refractivity contribution in [1.82, 2.24) is 20.1 Å². The molecule has 1 heterocycles. The van der Waals surface area contributed by atoms with E-state index in [-0.39, 0.29) is 24.3 Å². The minimum atomic E-state index is -0.324. The second-order valence-electron chi connectivity index (χ2n) is 9.46. The molecule has 1 aromatic heterocycles. The van der Waals surface area contributed by atoms with Crippen LogP contribution in [-0.2, 0) is 29.0 Å². The summed E-state index contributed by atoms with van der Waals surface area (Å²) in [5.74, 6) is -0.499. The van der Waals surface area contributed by atoms with Crippen molar-refractivity contribution >= 4 is 22.8 Å². The number of carbonyl (C=O) groups excluding carboxylic acids is 2. The van der Waals surface area contributed by atoms with Gasteiger partial charge in [-0.1, -0.05) is 60.7 Å². The van der Waals surface area contributed by atoms with Gasteiger partial charge in [0.1, 0.15) is 12.4 Å². The Hall–Kier alpha value is -4.17. The lowest BCUT2D eigenvalue weighted by Gasteiger charge is -2.28. The first-order valence-corrected chi connectivity index (χ1v) is 13.2. The third-order valence-electron chi connectivity index (χ3n) is 6.64. The fourth-order valence-corrected chi connectivity index (χ4v) is 4.50. The number of fused-ring (bicyclic) bond motifs is 1. The Balaban J connectivity index is 1.47. The van der Waals surface area contributed by atoms with E-state index in [1.165, 1.54) is 17.0 Å². The molecule has 0 aliphatic carbocycles. The SMILES string of the molecule is COCCCN(CC(=O)N(CCc1c[nH]c2ccccc12)Cc1ccc(F)cc1)C(=O)NCc1ccccc1. The molecule has 0 aliphatic heterocycles. The number of hydrogen-bond acceptors (Lipinski definition) is 3. The van der Waals surface area contributed by atoms with Gasteiger partial charge in [0.15, 0.2) is 0 Å². The van der Waals surface area contributed by atoms with Gasteiger partial charge in [0.25, 0.3) is 0 Å². The molecule has 0 fully saturated rings. The smallest absolute Gasteiger partial charge is 0.318 e. The Morgan fingerprint density at radius 3 is 2.41 bits per heavy atom. The van der Waals surface area contributed by atoms with Gasteiger partial charge in [0, 0.05) is 57.0 Å². The molecule has 3 aromatic carbocycles. The largest absolute Gasteiger partial charge is 0.385 e. The van der Waals surface area contributed by atoms with Crippen molar-refractivity contribution in [3.05, 3.63) is 108 Å². The van der Waals surface area contributed by atoms with Crippen LogP contribution in [0.15, 0.2) is 85.1 Å². The summed E-state index contributed by atoms with van der Waals surface area (Å²) in [6.07, 6.45) is 3.22. The molecule has 0 aliphatic rings. The molecule has 0 radical (unpaired) electrons. The Morgan fingerprint density at radius 2 is 1.64 bits per heavy atom. The molecule has 0 spiro atoms. The number of nitrogens with zero attached hydrogens (tertiary/aromatic N) is 2. The normalized spacial score (nSPS) is 10.9. The molecule has 0 unspecified atom stereocenters. The summed E-state index contributed by atoms with van der Waals surface area (Å²) >= 11 is 0. The van der Waals surface area contributed by atoms with Crippen LogP contribution in [0.2, 0.25) is 0 Å². The second-order valence-corrected chi connectivity index (χ2v) is 9.46. The minimum absolute atomic E-state index is 0.0700. The van der Waals surface area contributed by atoms with Crippen LogP contribution in [0.25, 0.3) is 10.9 Å². The fraction of sp³-hybridized carbons (Fsp3) is 0.290. The number of ether oxygens (including phenoxy) is 1. The number of aromatic amines is 1. The van der Waals surface area contributed by atoms with E-state index in [0.29, 0.717) is 45.6 Å². The van der Waals surface area contributed by atoms with E-state index >= 15 is 0 Å². The molecule has 0 bridgehead atoms. The summed E-state index contributed by atoms with van der Waals surface area (Å²) < 4.78 is 18.7. The Morgan fingerprint density at radius 1 is 0.897 bits per heavy atom. The maximum Gasteiger partial charge on any atom is 0.318 e. The lowest BCUT2D eigenvalue weighted by atomic mass is 10.1. The van der Waals surface area contributed by atoms with Gasteiger partial charge in [-0.2, -0.15) is 0 Å². The molecule has 8 heteroatoms. The Labute approximate surface area is 228 Å². The van der Waals surface area contributed by atoms with Crippen LogP contribution in [0.1, 0.15) is 23.1 Å². The Kier molecular flexibility index (Phi) is 10.1. The van der Waals surface area contributed by atoms with E-state index in [9.17, 15) is 14.0 Å². The molecule has 2 N–H and O–H groups in total. The summed E-state index contributed by atoms with van der Waals surface area (Å²) in [6.45, 7) is 1.94. The average Bonchev–Trinajstić information content (AvgIpc) is 3.38. The highest BCUT2D eigenvalue weighted by molar-refractivity contribution is 5.85. The molecule has 0 saturated heterocycles. The van der Waals surface area contributed by atoms with Crippen LogP contribution in [0, 0.1) is 5.82 Å². The van der Waals surface area contributed by atoms with E-state index in [4.69, 9.17) is 4.74 Å². The maximum absolute atomic E-state index is 13.7. The highest BCUT2D eigenvalue weighted by Gasteiger charge is 2.22. The first-order chi connectivity index (χ1) is 19.0. The van der Waals surface area contributed by atoms with E-state index in [0.717, 1.165) is 27.6 Å².